The Balaban J connectivity index is 2.00. The molecule has 1 aliphatic rings. The van der Waals surface area contributed by atoms with E-state index in [1.807, 2.05) is 0 Å². The third-order valence-corrected chi connectivity index (χ3v) is 3.79. The standard InChI is InChI=1S/C14H18ClFN2O/c15-13-12(8-10(16)9-17-13)14(19)18-11-6-4-2-1-3-5-7-11/h8-9,11H,1-7H2,(H,18,19). The highest BCUT2D eigenvalue weighted by Gasteiger charge is 2.18. The SMILES string of the molecule is O=C(NC1CCCCCCC1)c1cc(F)cnc1Cl. The maximum atomic E-state index is 13.1. The van der Waals surface area contributed by atoms with Gasteiger partial charge in [-0.05, 0) is 18.9 Å². The number of aromatic nitrogens is 1. The van der Waals surface area contributed by atoms with Crippen LogP contribution in [0.25, 0.3) is 0 Å². The Bertz CT molecular complexity index is 445. The van der Waals surface area contributed by atoms with Crippen LogP contribution in [0.4, 0.5) is 4.39 Å². The molecule has 19 heavy (non-hydrogen) atoms. The van der Waals surface area contributed by atoms with Crippen LogP contribution >= 0.6 is 11.6 Å². The molecule has 2 rings (SSSR count). The molecule has 1 amide bonds. The summed E-state index contributed by atoms with van der Waals surface area (Å²) in [6.07, 6.45) is 8.93. The molecule has 1 fully saturated rings. The van der Waals surface area contributed by atoms with E-state index >= 15 is 0 Å². The van der Waals surface area contributed by atoms with Gasteiger partial charge < -0.3 is 5.32 Å². The van der Waals surface area contributed by atoms with Crippen LogP contribution in [0.3, 0.4) is 0 Å². The van der Waals surface area contributed by atoms with Crippen molar-refractivity contribution in [2.75, 3.05) is 0 Å². The van der Waals surface area contributed by atoms with Gasteiger partial charge in [-0.3, -0.25) is 4.79 Å². The summed E-state index contributed by atoms with van der Waals surface area (Å²) < 4.78 is 13.1. The molecule has 0 saturated heterocycles. The first-order valence-corrected chi connectivity index (χ1v) is 7.16. The number of hydrogen-bond donors (Lipinski definition) is 1. The van der Waals surface area contributed by atoms with Gasteiger partial charge in [0.15, 0.2) is 0 Å². The summed E-state index contributed by atoms with van der Waals surface area (Å²) in [4.78, 5) is 15.7. The van der Waals surface area contributed by atoms with E-state index < -0.39 is 5.82 Å². The maximum absolute atomic E-state index is 13.1. The van der Waals surface area contributed by atoms with Crippen LogP contribution < -0.4 is 5.32 Å². The summed E-state index contributed by atoms with van der Waals surface area (Å²) in [5, 5.41) is 2.99. The van der Waals surface area contributed by atoms with Gasteiger partial charge in [0.25, 0.3) is 5.91 Å². The molecular formula is C14H18ClFN2O. The second-order valence-electron chi connectivity index (χ2n) is 5.01. The fourth-order valence-electron chi connectivity index (χ4n) is 2.45. The van der Waals surface area contributed by atoms with E-state index in [-0.39, 0.29) is 22.7 Å². The summed E-state index contributed by atoms with van der Waals surface area (Å²) >= 11 is 5.83. The molecule has 3 nitrogen and oxygen atoms in total. The number of amides is 1. The van der Waals surface area contributed by atoms with E-state index in [2.05, 4.69) is 10.3 Å². The minimum absolute atomic E-state index is 0.0461. The molecule has 1 aromatic heterocycles. The van der Waals surface area contributed by atoms with Crippen molar-refractivity contribution in [1.82, 2.24) is 10.3 Å². The van der Waals surface area contributed by atoms with E-state index in [1.54, 1.807) is 0 Å². The van der Waals surface area contributed by atoms with Gasteiger partial charge in [-0.1, -0.05) is 43.7 Å². The number of nitrogens with one attached hydrogen (secondary N) is 1. The zero-order chi connectivity index (χ0) is 13.7. The summed E-state index contributed by atoms with van der Waals surface area (Å²) in [5.74, 6) is -0.880. The summed E-state index contributed by atoms with van der Waals surface area (Å²) in [6.45, 7) is 0. The Morgan fingerprint density at radius 3 is 2.58 bits per heavy atom. The van der Waals surface area contributed by atoms with Crippen molar-refractivity contribution in [3.63, 3.8) is 0 Å². The molecule has 0 spiro atoms. The van der Waals surface area contributed by atoms with Gasteiger partial charge in [0.1, 0.15) is 11.0 Å². The third-order valence-electron chi connectivity index (χ3n) is 3.49. The van der Waals surface area contributed by atoms with E-state index in [0.29, 0.717) is 0 Å². The number of rotatable bonds is 2. The highest BCUT2D eigenvalue weighted by Crippen LogP contribution is 2.19. The van der Waals surface area contributed by atoms with Gasteiger partial charge in [-0.2, -0.15) is 0 Å². The Labute approximate surface area is 117 Å². The van der Waals surface area contributed by atoms with E-state index in [4.69, 9.17) is 11.6 Å². The zero-order valence-corrected chi connectivity index (χ0v) is 11.5. The lowest BCUT2D eigenvalue weighted by Gasteiger charge is -2.21. The first-order valence-electron chi connectivity index (χ1n) is 6.79. The molecule has 1 aromatic rings. The Hall–Kier alpha value is -1.16. The van der Waals surface area contributed by atoms with Crippen molar-refractivity contribution in [1.29, 1.82) is 0 Å². The van der Waals surface area contributed by atoms with Crippen LogP contribution in [0.15, 0.2) is 12.3 Å². The van der Waals surface area contributed by atoms with Gasteiger partial charge in [-0.25, -0.2) is 9.37 Å². The average molecular weight is 285 g/mol. The van der Waals surface area contributed by atoms with Crippen molar-refractivity contribution in [2.24, 2.45) is 0 Å². The lowest BCUT2D eigenvalue weighted by Crippen LogP contribution is -2.35. The fraction of sp³-hybridized carbons (Fsp3) is 0.571. The minimum Gasteiger partial charge on any atom is -0.349 e. The zero-order valence-electron chi connectivity index (χ0n) is 10.8. The quantitative estimate of drug-likeness (QED) is 0.841. The monoisotopic (exact) mass is 284 g/mol. The van der Waals surface area contributed by atoms with Gasteiger partial charge in [0.2, 0.25) is 0 Å². The molecule has 1 N–H and O–H groups in total. The van der Waals surface area contributed by atoms with Crippen LogP contribution in [0.1, 0.15) is 55.3 Å². The number of carbonyl (C=O) groups excluding carboxylic acids is 1. The fourth-order valence-corrected chi connectivity index (χ4v) is 2.63. The van der Waals surface area contributed by atoms with Crippen LogP contribution in [0.5, 0.6) is 0 Å². The van der Waals surface area contributed by atoms with Crippen LogP contribution in [-0.4, -0.2) is 16.9 Å². The average Bonchev–Trinajstić information content (AvgIpc) is 2.35. The molecule has 5 heteroatoms. The first-order chi connectivity index (χ1) is 9.16. The second kappa shape index (κ2) is 6.85. The Kier molecular flexibility index (Phi) is 5.14. The smallest absolute Gasteiger partial charge is 0.254 e. The molecule has 0 aliphatic heterocycles. The number of pyridine rings is 1. The van der Waals surface area contributed by atoms with Crippen molar-refractivity contribution >= 4 is 17.5 Å². The third kappa shape index (κ3) is 4.16. The molecular weight excluding hydrogens is 267 g/mol. The molecule has 1 aliphatic carbocycles. The number of halogens is 2. The topological polar surface area (TPSA) is 42.0 Å². The molecule has 0 radical (unpaired) electrons. The van der Waals surface area contributed by atoms with Gasteiger partial charge >= 0.3 is 0 Å². The maximum Gasteiger partial charge on any atom is 0.254 e. The number of carbonyl (C=O) groups is 1. The highest BCUT2D eigenvalue weighted by molar-refractivity contribution is 6.32. The van der Waals surface area contributed by atoms with Gasteiger partial charge in [0.05, 0.1) is 11.8 Å². The molecule has 104 valence electrons. The lowest BCUT2D eigenvalue weighted by atomic mass is 9.96. The van der Waals surface area contributed by atoms with Crippen LogP contribution in [0.2, 0.25) is 5.15 Å². The summed E-state index contributed by atoms with van der Waals surface area (Å²) in [7, 11) is 0. The largest absolute Gasteiger partial charge is 0.349 e. The van der Waals surface area contributed by atoms with Gasteiger partial charge in [0, 0.05) is 6.04 Å². The normalized spacial score (nSPS) is 17.6. The van der Waals surface area contributed by atoms with Crippen LogP contribution in [-0.2, 0) is 0 Å². The Morgan fingerprint density at radius 1 is 1.26 bits per heavy atom. The molecule has 1 heterocycles. The van der Waals surface area contributed by atoms with Crippen molar-refractivity contribution in [2.45, 2.75) is 51.0 Å². The lowest BCUT2D eigenvalue weighted by molar-refractivity contribution is 0.0929. The van der Waals surface area contributed by atoms with E-state index in [1.165, 1.54) is 19.3 Å². The minimum atomic E-state index is -0.549. The number of nitrogens with zero attached hydrogens (tertiary/aromatic N) is 1. The van der Waals surface area contributed by atoms with Crippen molar-refractivity contribution in [3.8, 4) is 0 Å². The summed E-state index contributed by atoms with van der Waals surface area (Å²) in [5.41, 5.74) is 0.115. The van der Waals surface area contributed by atoms with E-state index in [0.717, 1.165) is 37.9 Å². The van der Waals surface area contributed by atoms with Gasteiger partial charge in [-0.15, -0.1) is 0 Å². The second-order valence-corrected chi connectivity index (χ2v) is 5.37. The van der Waals surface area contributed by atoms with Crippen LogP contribution in [0, 0.1) is 5.82 Å². The van der Waals surface area contributed by atoms with Crippen molar-refractivity contribution in [3.05, 3.63) is 28.8 Å². The Morgan fingerprint density at radius 2 is 1.89 bits per heavy atom. The molecule has 0 atom stereocenters. The van der Waals surface area contributed by atoms with E-state index in [9.17, 15) is 9.18 Å². The molecule has 0 bridgehead atoms. The number of hydrogen-bond acceptors (Lipinski definition) is 2. The molecule has 0 aromatic carbocycles. The summed E-state index contributed by atoms with van der Waals surface area (Å²) in [6, 6.07) is 1.29. The first kappa shape index (κ1) is 14.3. The predicted octanol–water partition coefficient (Wildman–Crippen LogP) is 3.72. The molecule has 0 unspecified atom stereocenters. The molecule has 1 saturated carbocycles. The predicted molar refractivity (Wildman–Crippen MR) is 72.8 cm³/mol. The highest BCUT2D eigenvalue weighted by atomic mass is 35.5. The van der Waals surface area contributed by atoms with Crippen molar-refractivity contribution < 1.29 is 9.18 Å².